The summed E-state index contributed by atoms with van der Waals surface area (Å²) < 4.78 is 4.88. The maximum atomic E-state index is 13.1. The minimum atomic E-state index is -0.858. The van der Waals surface area contributed by atoms with Gasteiger partial charge in [-0.15, -0.1) is 12.4 Å². The van der Waals surface area contributed by atoms with Crippen LogP contribution in [0.15, 0.2) is 60.7 Å². The van der Waals surface area contributed by atoms with E-state index in [9.17, 15) is 14.4 Å². The summed E-state index contributed by atoms with van der Waals surface area (Å²) in [5.74, 6) is -1.21. The Labute approximate surface area is 208 Å². The number of carbonyl (C=O) groups is 3. The molecule has 0 aliphatic carbocycles. The second kappa shape index (κ2) is 15.1. The molecule has 0 fully saturated rings. The van der Waals surface area contributed by atoms with Crippen molar-refractivity contribution in [1.82, 2.24) is 10.6 Å². The molecule has 34 heavy (non-hydrogen) atoms. The molecule has 2 aromatic rings. The van der Waals surface area contributed by atoms with Crippen LogP contribution in [-0.4, -0.2) is 43.0 Å². The van der Waals surface area contributed by atoms with E-state index in [4.69, 9.17) is 10.5 Å². The summed E-state index contributed by atoms with van der Waals surface area (Å²) in [4.78, 5) is 38.1. The number of nitrogens with one attached hydrogen (secondary N) is 2. The minimum absolute atomic E-state index is 0. The predicted molar refractivity (Wildman–Crippen MR) is 135 cm³/mol. The van der Waals surface area contributed by atoms with Gasteiger partial charge >= 0.3 is 5.97 Å². The molecule has 0 saturated heterocycles. The number of amides is 2. The van der Waals surface area contributed by atoms with Crippen LogP contribution in [-0.2, 0) is 32.0 Å². The minimum Gasteiger partial charge on any atom is -0.467 e. The lowest BCUT2D eigenvalue weighted by molar-refractivity contribution is -0.145. The van der Waals surface area contributed by atoms with E-state index in [1.54, 1.807) is 0 Å². The number of rotatable bonds is 12. The first kappa shape index (κ1) is 29.1. The molecule has 2 aromatic carbocycles. The van der Waals surface area contributed by atoms with Gasteiger partial charge in [0.05, 0.1) is 13.2 Å². The van der Waals surface area contributed by atoms with Crippen LogP contribution in [0.4, 0.5) is 0 Å². The summed E-state index contributed by atoms with van der Waals surface area (Å²) in [6.07, 6.45) is 1.84. The first-order valence-corrected chi connectivity index (χ1v) is 11.3. The zero-order valence-corrected chi connectivity index (χ0v) is 20.8. The number of methoxy groups -OCH3 is 1. The van der Waals surface area contributed by atoms with Crippen LogP contribution >= 0.6 is 12.4 Å². The molecule has 0 radical (unpaired) electrons. The molecule has 4 N–H and O–H groups in total. The third kappa shape index (κ3) is 9.93. The van der Waals surface area contributed by atoms with Gasteiger partial charge in [0.2, 0.25) is 11.8 Å². The summed E-state index contributed by atoms with van der Waals surface area (Å²) in [6, 6.07) is 16.7. The van der Waals surface area contributed by atoms with Crippen molar-refractivity contribution in [3.05, 3.63) is 71.8 Å². The van der Waals surface area contributed by atoms with Crippen LogP contribution in [0.3, 0.4) is 0 Å². The van der Waals surface area contributed by atoms with Crippen LogP contribution in [0.2, 0.25) is 0 Å². The zero-order valence-electron chi connectivity index (χ0n) is 20.0. The third-order valence-electron chi connectivity index (χ3n) is 5.35. The molecule has 8 heteroatoms. The highest BCUT2D eigenvalue weighted by Crippen LogP contribution is 2.10. The van der Waals surface area contributed by atoms with E-state index >= 15 is 0 Å². The molecule has 0 aliphatic heterocycles. The number of aryl methyl sites for hydroxylation is 1. The molecule has 0 unspecified atom stereocenters. The number of hydrogen-bond donors (Lipinski definition) is 3. The van der Waals surface area contributed by atoms with Gasteiger partial charge in [0.15, 0.2) is 0 Å². The molecular formula is C26H36ClN3O4. The monoisotopic (exact) mass is 489 g/mol. The van der Waals surface area contributed by atoms with Crippen LogP contribution in [0.25, 0.3) is 0 Å². The van der Waals surface area contributed by atoms with Crippen molar-refractivity contribution in [2.75, 3.05) is 7.11 Å². The lowest BCUT2D eigenvalue weighted by Gasteiger charge is -2.24. The Balaban J connectivity index is 0.00000578. The van der Waals surface area contributed by atoms with Gasteiger partial charge in [-0.25, -0.2) is 4.79 Å². The maximum Gasteiger partial charge on any atom is 0.328 e. The van der Waals surface area contributed by atoms with Gasteiger partial charge in [-0.05, 0) is 36.3 Å². The summed E-state index contributed by atoms with van der Waals surface area (Å²) in [5, 5.41) is 5.54. The lowest BCUT2D eigenvalue weighted by atomic mass is 10.00. The molecule has 0 aromatic heterocycles. The SMILES string of the molecule is COC(=O)[C@H](Cc1ccccc1)NC(=O)[C@H](CC(C)C)NC(=O)[C@@H](N)CCc1ccccc1.Cl. The summed E-state index contributed by atoms with van der Waals surface area (Å²) in [7, 11) is 1.28. The average molecular weight is 490 g/mol. The highest BCUT2D eigenvalue weighted by Gasteiger charge is 2.29. The summed E-state index contributed by atoms with van der Waals surface area (Å²) in [5.41, 5.74) is 8.09. The van der Waals surface area contributed by atoms with Gasteiger partial charge in [-0.1, -0.05) is 74.5 Å². The Morgan fingerprint density at radius 1 is 0.853 bits per heavy atom. The molecule has 0 saturated carbocycles. The topological polar surface area (TPSA) is 111 Å². The number of halogens is 1. The van der Waals surface area contributed by atoms with Crippen LogP contribution in [0.5, 0.6) is 0 Å². The molecule has 0 bridgehead atoms. The lowest BCUT2D eigenvalue weighted by Crippen LogP contribution is -2.55. The van der Waals surface area contributed by atoms with E-state index in [-0.39, 0.29) is 30.7 Å². The van der Waals surface area contributed by atoms with Crippen molar-refractivity contribution in [2.45, 2.75) is 57.7 Å². The molecule has 7 nitrogen and oxygen atoms in total. The average Bonchev–Trinajstić information content (AvgIpc) is 2.82. The van der Waals surface area contributed by atoms with Crippen molar-refractivity contribution in [3.63, 3.8) is 0 Å². The molecule has 0 aliphatic rings. The van der Waals surface area contributed by atoms with Crippen molar-refractivity contribution in [2.24, 2.45) is 11.7 Å². The van der Waals surface area contributed by atoms with Crippen LogP contribution in [0, 0.1) is 5.92 Å². The first-order chi connectivity index (χ1) is 15.8. The van der Waals surface area contributed by atoms with E-state index in [0.29, 0.717) is 19.3 Å². The fourth-order valence-electron chi connectivity index (χ4n) is 3.54. The fraction of sp³-hybridized carbons (Fsp3) is 0.423. The van der Waals surface area contributed by atoms with Gasteiger partial charge in [0, 0.05) is 6.42 Å². The quantitative estimate of drug-likeness (QED) is 0.397. The molecule has 2 rings (SSSR count). The second-order valence-electron chi connectivity index (χ2n) is 8.60. The van der Waals surface area contributed by atoms with E-state index < -0.39 is 30.0 Å². The molecule has 0 heterocycles. The number of hydrogen-bond acceptors (Lipinski definition) is 5. The van der Waals surface area contributed by atoms with Crippen LogP contribution < -0.4 is 16.4 Å². The van der Waals surface area contributed by atoms with Crippen molar-refractivity contribution in [3.8, 4) is 0 Å². The summed E-state index contributed by atoms with van der Waals surface area (Å²) >= 11 is 0. The molecule has 3 atom stereocenters. The van der Waals surface area contributed by atoms with E-state index in [2.05, 4.69) is 10.6 Å². The highest BCUT2D eigenvalue weighted by atomic mass is 35.5. The van der Waals surface area contributed by atoms with Crippen molar-refractivity contribution < 1.29 is 19.1 Å². The van der Waals surface area contributed by atoms with Gasteiger partial charge in [-0.2, -0.15) is 0 Å². The summed E-state index contributed by atoms with van der Waals surface area (Å²) in [6.45, 7) is 3.92. The largest absolute Gasteiger partial charge is 0.467 e. The molecule has 0 spiro atoms. The second-order valence-corrected chi connectivity index (χ2v) is 8.60. The Morgan fingerprint density at radius 2 is 1.38 bits per heavy atom. The van der Waals surface area contributed by atoms with Crippen molar-refractivity contribution >= 4 is 30.2 Å². The number of ether oxygens (including phenoxy) is 1. The van der Waals surface area contributed by atoms with Crippen LogP contribution in [0.1, 0.15) is 37.8 Å². The predicted octanol–water partition coefficient (Wildman–Crippen LogP) is 2.80. The zero-order chi connectivity index (χ0) is 24.2. The Kier molecular flexibility index (Phi) is 12.9. The smallest absolute Gasteiger partial charge is 0.328 e. The van der Waals surface area contributed by atoms with E-state index in [1.807, 2.05) is 74.5 Å². The van der Waals surface area contributed by atoms with E-state index in [1.165, 1.54) is 7.11 Å². The Morgan fingerprint density at radius 3 is 1.91 bits per heavy atom. The fourth-order valence-corrected chi connectivity index (χ4v) is 3.54. The normalized spacial score (nSPS) is 13.2. The number of nitrogens with two attached hydrogens (primary N) is 1. The Hall–Kier alpha value is -2.90. The number of carbonyl (C=O) groups excluding carboxylic acids is 3. The van der Waals surface area contributed by atoms with Gasteiger partial charge in [-0.3, -0.25) is 9.59 Å². The van der Waals surface area contributed by atoms with Gasteiger partial charge in [0.25, 0.3) is 0 Å². The molecular weight excluding hydrogens is 454 g/mol. The first-order valence-electron chi connectivity index (χ1n) is 11.3. The number of esters is 1. The highest BCUT2D eigenvalue weighted by molar-refractivity contribution is 5.92. The Bertz CT molecular complexity index is 893. The van der Waals surface area contributed by atoms with Gasteiger partial charge in [0.1, 0.15) is 12.1 Å². The maximum absolute atomic E-state index is 13.1. The van der Waals surface area contributed by atoms with Gasteiger partial charge < -0.3 is 21.1 Å². The standard InChI is InChI=1S/C26H35N3O4.ClH/c1-18(2)16-22(28-24(30)21(27)15-14-19-10-6-4-7-11-19)25(31)29-23(26(32)33-3)17-20-12-8-5-9-13-20;/h4-13,18,21-23H,14-17,27H2,1-3H3,(H,28,30)(H,29,31);1H/t21-,22-,23-;/m0./s1. The van der Waals surface area contributed by atoms with Crippen molar-refractivity contribution in [1.29, 1.82) is 0 Å². The molecule has 186 valence electrons. The molecule has 2 amide bonds. The number of benzene rings is 2. The van der Waals surface area contributed by atoms with E-state index in [0.717, 1.165) is 11.1 Å². The third-order valence-corrected chi connectivity index (χ3v) is 5.35.